The van der Waals surface area contributed by atoms with E-state index >= 15 is 0 Å². The molecule has 0 nitrogen and oxygen atoms in total. The Kier molecular flexibility index (Phi) is 17.3. The summed E-state index contributed by atoms with van der Waals surface area (Å²) in [5.74, 6) is 0. The molecule has 0 saturated carbocycles. The Balaban J connectivity index is 0.000000246. The summed E-state index contributed by atoms with van der Waals surface area (Å²) in [6, 6.07) is 46.4. The van der Waals surface area contributed by atoms with E-state index in [2.05, 4.69) is 197 Å². The second-order valence-electron chi connectivity index (χ2n) is 16.7. The van der Waals surface area contributed by atoms with Crippen molar-refractivity contribution >= 4 is 28.4 Å². The van der Waals surface area contributed by atoms with Gasteiger partial charge >= 0.3 is 30.2 Å². The zero-order valence-electron chi connectivity index (χ0n) is 38.4. The zero-order valence-corrected chi connectivity index (χ0v) is 41.8. The zero-order chi connectivity index (χ0) is 41.7. The number of hydrogen-bond acceptors (Lipinski definition) is 0. The fourth-order valence-electron chi connectivity index (χ4n) is 9.11. The predicted octanol–water partition coefficient (Wildman–Crippen LogP) is 16.7. The quantitative estimate of drug-likeness (QED) is 0.105. The summed E-state index contributed by atoms with van der Waals surface area (Å²) >= 11 is 1.36. The Bertz CT molecular complexity index is 2270. The van der Waals surface area contributed by atoms with Gasteiger partial charge in [0.2, 0.25) is 0 Å². The molecule has 0 aliphatic carbocycles. The van der Waals surface area contributed by atoms with Crippen LogP contribution in [-0.4, -0.2) is 6.88 Å². The summed E-state index contributed by atoms with van der Waals surface area (Å²) in [6.07, 6.45) is 4.61. The van der Waals surface area contributed by atoms with Gasteiger partial charge in [0, 0.05) is 0 Å². The number of hydrogen-bond donors (Lipinski definition) is 0. The maximum atomic E-state index is 3.06. The number of benzene rings is 6. The van der Waals surface area contributed by atoms with Gasteiger partial charge in [0.1, 0.15) is 0 Å². The second kappa shape index (κ2) is 21.4. The van der Waals surface area contributed by atoms with E-state index in [9.17, 15) is 0 Å². The molecule has 2 heteroatoms. The van der Waals surface area contributed by atoms with Gasteiger partial charge in [-0.1, -0.05) is 202 Å². The van der Waals surface area contributed by atoms with Crippen LogP contribution in [-0.2, 0) is 36.2 Å². The molecule has 8 rings (SSSR count). The van der Waals surface area contributed by atoms with Gasteiger partial charge < -0.3 is 14.9 Å². The predicted molar refractivity (Wildman–Crippen MR) is 265 cm³/mol. The molecule has 8 aromatic carbocycles. The Hall–Kier alpha value is -4.36. The van der Waals surface area contributed by atoms with Crippen LogP contribution in [0.2, 0.25) is 0 Å². The number of fused-ring (bicyclic) bond motifs is 2. The molecule has 0 saturated heterocycles. The minimum absolute atomic E-state index is 0. The van der Waals surface area contributed by atoms with Crippen molar-refractivity contribution in [3.05, 3.63) is 192 Å². The second-order valence-corrected chi connectivity index (χ2v) is 16.7. The van der Waals surface area contributed by atoms with Crippen LogP contribution in [0.5, 0.6) is 0 Å². The van der Waals surface area contributed by atoms with Crippen molar-refractivity contribution in [3.8, 4) is 44.5 Å². The first-order valence-corrected chi connectivity index (χ1v) is 25.1. The van der Waals surface area contributed by atoms with Gasteiger partial charge in [-0.3, -0.25) is 0 Å². The van der Waals surface area contributed by atoms with Gasteiger partial charge in [0.15, 0.2) is 0 Å². The van der Waals surface area contributed by atoms with Crippen molar-refractivity contribution in [2.24, 2.45) is 0 Å². The number of aryl methyl sites for hydroxylation is 10. The van der Waals surface area contributed by atoms with E-state index in [0.717, 1.165) is 12.8 Å². The number of rotatable bonds is 8. The molecule has 0 N–H and O–H groups in total. The molecular weight excluding hydrogens is 816 g/mol. The van der Waals surface area contributed by atoms with Crippen molar-refractivity contribution in [3.63, 3.8) is 0 Å². The third-order valence-corrected chi connectivity index (χ3v) is 11.1. The molecule has 0 aromatic heterocycles. The summed E-state index contributed by atoms with van der Waals surface area (Å²) in [5.41, 5.74) is 24.1. The van der Waals surface area contributed by atoms with Crippen molar-refractivity contribution in [1.29, 1.82) is 0 Å². The molecule has 60 heavy (non-hydrogen) atoms. The molecule has 0 aliphatic heterocycles. The van der Waals surface area contributed by atoms with Crippen LogP contribution in [0.1, 0.15) is 82.3 Å². The molecule has 0 amide bonds. The third kappa shape index (κ3) is 11.1. The van der Waals surface area contributed by atoms with E-state index in [1.54, 1.807) is 0 Å². The summed E-state index contributed by atoms with van der Waals surface area (Å²) < 4.78 is 0. The molecular formula is C58H64SiZr-4. The normalized spacial score (nSPS) is 10.6. The molecule has 0 unspecified atom stereocenters. The molecule has 2 radical (unpaired) electrons. The van der Waals surface area contributed by atoms with Crippen LogP contribution in [0, 0.1) is 70.2 Å². The molecule has 0 heterocycles. The van der Waals surface area contributed by atoms with Crippen LogP contribution in [0.25, 0.3) is 66.1 Å². The maximum absolute atomic E-state index is 3.06. The van der Waals surface area contributed by atoms with E-state index in [0.29, 0.717) is 0 Å². The van der Waals surface area contributed by atoms with Gasteiger partial charge in [-0.2, -0.15) is 12.1 Å². The first-order valence-electron chi connectivity index (χ1n) is 20.9. The van der Waals surface area contributed by atoms with Gasteiger partial charge in [0.05, 0.1) is 0 Å². The molecule has 0 spiro atoms. The van der Waals surface area contributed by atoms with E-state index in [1.165, 1.54) is 158 Å². The average molecular weight is 880 g/mol. The SMILES string of the molecule is CCCc1cc2c(-c3cc(C)cc(C)c3)ccc(-c3cc(C)cc(C)c3)c2[cH-]1.CCCc1cc2c(-c3cc(C)cc(C)c3)ccc(-c3cc(C)cc(C)c3)c2[cH-]1.[CH3-].[CH3-].[Si]=[Zr]. The van der Waals surface area contributed by atoms with E-state index in [4.69, 9.17) is 0 Å². The van der Waals surface area contributed by atoms with Crippen molar-refractivity contribution < 1.29 is 23.3 Å². The van der Waals surface area contributed by atoms with Crippen molar-refractivity contribution in [2.45, 2.75) is 94.9 Å². The van der Waals surface area contributed by atoms with Crippen LogP contribution >= 0.6 is 0 Å². The molecule has 8 aromatic rings. The molecule has 0 atom stereocenters. The van der Waals surface area contributed by atoms with E-state index < -0.39 is 0 Å². The van der Waals surface area contributed by atoms with Gasteiger partial charge in [-0.05, 0) is 79.4 Å². The third-order valence-electron chi connectivity index (χ3n) is 11.1. The van der Waals surface area contributed by atoms with E-state index in [1.807, 2.05) is 0 Å². The summed E-state index contributed by atoms with van der Waals surface area (Å²) in [6.45, 7) is 25.1. The van der Waals surface area contributed by atoms with Gasteiger partial charge in [0.25, 0.3) is 0 Å². The Labute approximate surface area is 380 Å². The van der Waals surface area contributed by atoms with Crippen molar-refractivity contribution in [1.82, 2.24) is 0 Å². The van der Waals surface area contributed by atoms with Crippen LogP contribution in [0.15, 0.2) is 121 Å². The summed E-state index contributed by atoms with van der Waals surface area (Å²) in [5, 5.41) is 5.52. The Morgan fingerprint density at radius 3 is 0.850 bits per heavy atom. The van der Waals surface area contributed by atoms with E-state index in [-0.39, 0.29) is 14.9 Å². The molecule has 0 fully saturated rings. The van der Waals surface area contributed by atoms with Crippen molar-refractivity contribution in [2.75, 3.05) is 0 Å². The van der Waals surface area contributed by atoms with Gasteiger partial charge in [-0.15, -0.1) is 44.8 Å². The summed E-state index contributed by atoms with van der Waals surface area (Å²) in [4.78, 5) is 0. The standard InChI is InChI=1S/2C28H29.2CH3.Si.Zr/c2*1-6-7-22-16-27-25(23-12-18(2)10-19(3)13-23)8-9-26(28(27)17-22)24-14-20(4)11-21(5)15-24;;;;/h2*8-17H,6-7H2,1-5H3;2*1H3;;/q4*-1;;. The fourth-order valence-corrected chi connectivity index (χ4v) is 9.11. The van der Waals surface area contributed by atoms with Crippen LogP contribution in [0.4, 0.5) is 0 Å². The monoisotopic (exact) mass is 878 g/mol. The average Bonchev–Trinajstić information content (AvgIpc) is 3.78. The topological polar surface area (TPSA) is 0 Å². The molecule has 0 aliphatic rings. The first-order chi connectivity index (χ1) is 27.9. The Morgan fingerprint density at radius 1 is 0.367 bits per heavy atom. The Morgan fingerprint density at radius 2 is 0.600 bits per heavy atom. The molecule has 0 bridgehead atoms. The van der Waals surface area contributed by atoms with Crippen LogP contribution in [0.3, 0.4) is 0 Å². The fraction of sp³-hybridized carbons (Fsp3) is 0.241. The first kappa shape index (κ1) is 48.3. The summed E-state index contributed by atoms with van der Waals surface area (Å²) in [7, 11) is 0. The van der Waals surface area contributed by atoms with Gasteiger partial charge in [-0.25, -0.2) is 0 Å². The minimum atomic E-state index is 0. The van der Waals surface area contributed by atoms with Crippen LogP contribution < -0.4 is 0 Å². The molecule has 308 valence electrons.